The van der Waals surface area contributed by atoms with Crippen molar-refractivity contribution in [2.75, 3.05) is 11.9 Å². The minimum absolute atomic E-state index is 0.0347. The first-order chi connectivity index (χ1) is 11.1. The van der Waals surface area contributed by atoms with Gasteiger partial charge in [0.2, 0.25) is 11.8 Å². The first-order valence-electron chi connectivity index (χ1n) is 6.82. The summed E-state index contributed by atoms with van der Waals surface area (Å²) in [5.41, 5.74) is -1.11. The molecule has 10 heteroatoms. The minimum atomic E-state index is -4.55. The molecule has 0 saturated carbocycles. The number of hydrogen-bond donors (Lipinski definition) is 1. The Kier molecular flexibility index (Phi) is 5.77. The van der Waals surface area contributed by atoms with E-state index >= 15 is 0 Å². The van der Waals surface area contributed by atoms with Crippen LogP contribution in [0.1, 0.15) is 18.9 Å². The first-order valence-corrected chi connectivity index (χ1v) is 8.48. The lowest BCUT2D eigenvalue weighted by molar-refractivity contribution is -0.137. The molecule has 0 spiro atoms. The largest absolute Gasteiger partial charge is 0.416 e. The summed E-state index contributed by atoms with van der Waals surface area (Å²) in [6.07, 6.45) is -3.98. The topological polar surface area (TPSA) is 49.4 Å². The zero-order valence-electron chi connectivity index (χ0n) is 12.3. The standard InChI is InChI=1S/C14H12ClF3N2O2S2/c1-2-10-12(22)20(13(23)24-10)6-11(21)19-9-5-7(14(16,17)18)3-4-8(9)15/h3-5,10H,2,6H2,1H3,(H,19,21). The predicted octanol–water partition coefficient (Wildman–Crippen LogP) is 3.94. The number of rotatable bonds is 4. The molecule has 1 saturated heterocycles. The number of thioether (sulfide) groups is 1. The van der Waals surface area contributed by atoms with Crippen LogP contribution in [0.4, 0.5) is 18.9 Å². The molecule has 1 N–H and O–H groups in total. The van der Waals surface area contributed by atoms with Crippen LogP contribution in [0.3, 0.4) is 0 Å². The molecule has 0 bridgehead atoms. The first kappa shape index (κ1) is 19.0. The number of nitrogens with zero attached hydrogens (tertiary/aromatic N) is 1. The number of alkyl halides is 3. The maximum absolute atomic E-state index is 12.7. The van der Waals surface area contributed by atoms with Crippen LogP contribution in [-0.4, -0.2) is 32.8 Å². The number of thiocarbonyl (C=S) groups is 1. The number of carbonyl (C=O) groups is 2. The van der Waals surface area contributed by atoms with Crippen molar-refractivity contribution in [1.29, 1.82) is 0 Å². The molecule has 1 heterocycles. The number of anilines is 1. The summed E-state index contributed by atoms with van der Waals surface area (Å²) in [5, 5.41) is 1.92. The second-order valence-corrected chi connectivity index (χ2v) is 7.19. The maximum atomic E-state index is 12.7. The van der Waals surface area contributed by atoms with Gasteiger partial charge in [0.1, 0.15) is 10.9 Å². The SMILES string of the molecule is CCC1SC(=S)N(CC(=O)Nc2cc(C(F)(F)F)ccc2Cl)C1=O. The molecule has 1 aliphatic rings. The van der Waals surface area contributed by atoms with Gasteiger partial charge in [-0.15, -0.1) is 0 Å². The molecule has 24 heavy (non-hydrogen) atoms. The van der Waals surface area contributed by atoms with E-state index < -0.39 is 17.6 Å². The third-order valence-electron chi connectivity index (χ3n) is 3.25. The van der Waals surface area contributed by atoms with Crippen molar-refractivity contribution in [2.24, 2.45) is 0 Å². The van der Waals surface area contributed by atoms with E-state index in [0.717, 1.165) is 23.1 Å². The smallest absolute Gasteiger partial charge is 0.323 e. The lowest BCUT2D eigenvalue weighted by Gasteiger charge is -2.16. The number of carbonyl (C=O) groups excluding carboxylic acids is 2. The Hall–Kier alpha value is -1.32. The summed E-state index contributed by atoms with van der Waals surface area (Å²) in [5.74, 6) is -0.956. The van der Waals surface area contributed by atoms with Crippen LogP contribution >= 0.6 is 35.6 Å². The van der Waals surface area contributed by atoms with Gasteiger partial charge < -0.3 is 5.32 Å². The van der Waals surface area contributed by atoms with E-state index in [0.29, 0.717) is 6.42 Å². The van der Waals surface area contributed by atoms with E-state index in [9.17, 15) is 22.8 Å². The van der Waals surface area contributed by atoms with Crippen LogP contribution in [0.15, 0.2) is 18.2 Å². The van der Waals surface area contributed by atoms with E-state index in [2.05, 4.69) is 5.32 Å². The van der Waals surface area contributed by atoms with Crippen molar-refractivity contribution in [3.8, 4) is 0 Å². The molecule has 4 nitrogen and oxygen atoms in total. The van der Waals surface area contributed by atoms with Crippen LogP contribution in [0.5, 0.6) is 0 Å². The molecule has 0 aromatic heterocycles. The predicted molar refractivity (Wildman–Crippen MR) is 91.1 cm³/mol. The van der Waals surface area contributed by atoms with E-state index in [4.69, 9.17) is 23.8 Å². The van der Waals surface area contributed by atoms with Crippen LogP contribution < -0.4 is 5.32 Å². The van der Waals surface area contributed by atoms with Gasteiger partial charge in [-0.05, 0) is 24.6 Å². The molecule has 0 aliphatic carbocycles. The van der Waals surface area contributed by atoms with Crippen molar-refractivity contribution in [3.63, 3.8) is 0 Å². The van der Waals surface area contributed by atoms with E-state index in [1.54, 1.807) is 0 Å². The monoisotopic (exact) mass is 396 g/mol. The van der Waals surface area contributed by atoms with Crippen LogP contribution in [0, 0.1) is 0 Å². The number of nitrogens with one attached hydrogen (secondary N) is 1. The molecule has 1 atom stereocenters. The molecule has 1 unspecified atom stereocenters. The second kappa shape index (κ2) is 7.28. The molecule has 1 aromatic rings. The molecular weight excluding hydrogens is 385 g/mol. The number of halogens is 4. The van der Waals surface area contributed by atoms with Gasteiger partial charge in [-0.2, -0.15) is 13.2 Å². The van der Waals surface area contributed by atoms with E-state index in [1.165, 1.54) is 11.8 Å². The Morgan fingerprint density at radius 1 is 1.46 bits per heavy atom. The van der Waals surface area contributed by atoms with Gasteiger partial charge in [-0.3, -0.25) is 14.5 Å². The average molecular weight is 397 g/mol. The van der Waals surface area contributed by atoms with Crippen molar-refractivity contribution < 1.29 is 22.8 Å². The molecule has 2 rings (SSSR count). The molecule has 1 aromatic carbocycles. The highest BCUT2D eigenvalue weighted by atomic mass is 35.5. The summed E-state index contributed by atoms with van der Waals surface area (Å²) < 4.78 is 38.4. The third-order valence-corrected chi connectivity index (χ3v) is 5.33. The fourth-order valence-electron chi connectivity index (χ4n) is 2.03. The number of amides is 2. The highest BCUT2D eigenvalue weighted by Gasteiger charge is 2.37. The Balaban J connectivity index is 2.10. The number of hydrogen-bond acceptors (Lipinski definition) is 4. The van der Waals surface area contributed by atoms with E-state index in [-0.39, 0.29) is 32.7 Å². The van der Waals surface area contributed by atoms with Gasteiger partial charge in [-0.1, -0.05) is 42.5 Å². The Morgan fingerprint density at radius 3 is 2.67 bits per heavy atom. The van der Waals surface area contributed by atoms with Gasteiger partial charge >= 0.3 is 6.18 Å². The lowest BCUT2D eigenvalue weighted by atomic mass is 10.2. The van der Waals surface area contributed by atoms with E-state index in [1.807, 2.05) is 6.92 Å². The zero-order valence-corrected chi connectivity index (χ0v) is 14.7. The Morgan fingerprint density at radius 2 is 2.12 bits per heavy atom. The third kappa shape index (κ3) is 4.20. The highest BCUT2D eigenvalue weighted by Crippen LogP contribution is 2.34. The lowest BCUT2D eigenvalue weighted by Crippen LogP contribution is -2.38. The minimum Gasteiger partial charge on any atom is -0.323 e. The zero-order chi connectivity index (χ0) is 18.1. The molecule has 2 amide bonds. The van der Waals surface area contributed by atoms with Gasteiger partial charge in [0.05, 0.1) is 21.5 Å². The summed E-state index contributed by atoms with van der Waals surface area (Å²) in [6.45, 7) is 1.46. The van der Waals surface area contributed by atoms with Gasteiger partial charge in [-0.25, -0.2) is 0 Å². The van der Waals surface area contributed by atoms with Crippen LogP contribution in [0.2, 0.25) is 5.02 Å². The number of benzene rings is 1. The molecule has 130 valence electrons. The average Bonchev–Trinajstić information content (AvgIpc) is 2.75. The highest BCUT2D eigenvalue weighted by molar-refractivity contribution is 8.24. The second-order valence-electron chi connectivity index (χ2n) is 4.95. The van der Waals surface area contributed by atoms with Gasteiger partial charge in [0.25, 0.3) is 0 Å². The Labute approximate surface area is 150 Å². The molecular formula is C14H12ClF3N2O2S2. The van der Waals surface area contributed by atoms with Crippen molar-refractivity contribution >= 4 is 57.4 Å². The fraction of sp³-hybridized carbons (Fsp3) is 0.357. The van der Waals surface area contributed by atoms with Gasteiger partial charge in [0, 0.05) is 0 Å². The van der Waals surface area contributed by atoms with Crippen molar-refractivity contribution in [1.82, 2.24) is 4.90 Å². The summed E-state index contributed by atoms with van der Waals surface area (Å²) in [6, 6.07) is 2.61. The van der Waals surface area contributed by atoms with Crippen LogP contribution in [-0.2, 0) is 15.8 Å². The van der Waals surface area contributed by atoms with Crippen LogP contribution in [0.25, 0.3) is 0 Å². The Bertz CT molecular complexity index is 697. The summed E-state index contributed by atoms with van der Waals surface area (Å²) in [4.78, 5) is 25.2. The van der Waals surface area contributed by atoms with Crippen molar-refractivity contribution in [2.45, 2.75) is 24.8 Å². The fourth-order valence-corrected chi connectivity index (χ4v) is 3.62. The van der Waals surface area contributed by atoms with Crippen molar-refractivity contribution in [3.05, 3.63) is 28.8 Å². The molecule has 0 radical (unpaired) electrons. The summed E-state index contributed by atoms with van der Waals surface area (Å²) in [7, 11) is 0. The normalized spacial score (nSPS) is 18.2. The molecule has 1 aliphatic heterocycles. The molecule has 1 fully saturated rings. The quantitative estimate of drug-likeness (QED) is 0.783. The van der Waals surface area contributed by atoms with Gasteiger partial charge in [0.15, 0.2) is 0 Å². The summed E-state index contributed by atoms with van der Waals surface area (Å²) >= 11 is 12.1. The maximum Gasteiger partial charge on any atom is 0.416 e.